The Hall–Kier alpha value is -2.52. The van der Waals surface area contributed by atoms with Crippen LogP contribution in [0.5, 0.6) is 5.75 Å². The van der Waals surface area contributed by atoms with Crippen molar-refractivity contribution in [2.24, 2.45) is 0 Å². The van der Waals surface area contributed by atoms with E-state index in [0.717, 1.165) is 22.8 Å². The van der Waals surface area contributed by atoms with Crippen LogP contribution in [-0.4, -0.2) is 53.5 Å². The standard InChI is InChI=1S/C19H21N3O4S2/c1-25-13-6-4-5-12(9-13)15-10-22-16(11-28-19(22)21-15)17(23)20-14(7-8-27-3)18(24)26-2/h4-6,9-11,14H,7-8H2,1-3H3,(H,20,23)/t14-/m1/s1. The van der Waals surface area contributed by atoms with Crippen LogP contribution < -0.4 is 10.1 Å². The number of benzene rings is 1. The fraction of sp³-hybridized carbons (Fsp3) is 0.316. The molecular weight excluding hydrogens is 398 g/mol. The number of imidazole rings is 1. The molecular formula is C19H21N3O4S2. The van der Waals surface area contributed by atoms with Crippen molar-refractivity contribution in [1.82, 2.24) is 14.7 Å². The summed E-state index contributed by atoms with van der Waals surface area (Å²) in [6, 6.07) is 6.90. The van der Waals surface area contributed by atoms with Gasteiger partial charge in [0.2, 0.25) is 0 Å². The van der Waals surface area contributed by atoms with E-state index in [9.17, 15) is 9.59 Å². The fourth-order valence-electron chi connectivity index (χ4n) is 2.73. The second kappa shape index (κ2) is 9.11. The Balaban J connectivity index is 1.85. The largest absolute Gasteiger partial charge is 0.497 e. The molecule has 1 atom stereocenters. The van der Waals surface area contributed by atoms with Crippen molar-refractivity contribution in [2.75, 3.05) is 26.2 Å². The van der Waals surface area contributed by atoms with Crippen LogP contribution in [0.4, 0.5) is 0 Å². The number of thioether (sulfide) groups is 1. The highest BCUT2D eigenvalue weighted by molar-refractivity contribution is 7.98. The summed E-state index contributed by atoms with van der Waals surface area (Å²) in [5.41, 5.74) is 2.07. The minimum absolute atomic E-state index is 0.336. The van der Waals surface area contributed by atoms with Gasteiger partial charge in [0, 0.05) is 17.1 Å². The van der Waals surface area contributed by atoms with Crippen molar-refractivity contribution in [1.29, 1.82) is 0 Å². The topological polar surface area (TPSA) is 81.9 Å². The SMILES string of the molecule is COC(=O)[C@@H](CCSC)NC(=O)c1csc2nc(-c3cccc(OC)c3)cn12. The number of aromatic nitrogens is 2. The van der Waals surface area contributed by atoms with E-state index in [1.165, 1.54) is 18.4 Å². The molecule has 3 aromatic rings. The van der Waals surface area contributed by atoms with E-state index in [2.05, 4.69) is 10.3 Å². The molecule has 0 bridgehead atoms. The second-order valence-corrected chi connectivity index (χ2v) is 7.78. The summed E-state index contributed by atoms with van der Waals surface area (Å²) in [5.74, 6) is 0.694. The Morgan fingerprint density at radius 1 is 1.36 bits per heavy atom. The zero-order valence-corrected chi connectivity index (χ0v) is 17.4. The summed E-state index contributed by atoms with van der Waals surface area (Å²) >= 11 is 2.97. The third kappa shape index (κ3) is 4.31. The molecule has 0 spiro atoms. The molecule has 1 N–H and O–H groups in total. The Morgan fingerprint density at radius 3 is 2.89 bits per heavy atom. The highest BCUT2D eigenvalue weighted by Crippen LogP contribution is 2.26. The summed E-state index contributed by atoms with van der Waals surface area (Å²) in [7, 11) is 2.93. The van der Waals surface area contributed by atoms with Gasteiger partial charge in [-0.05, 0) is 30.6 Å². The lowest BCUT2D eigenvalue weighted by molar-refractivity contribution is -0.142. The van der Waals surface area contributed by atoms with Crippen LogP contribution in [0.2, 0.25) is 0 Å². The minimum atomic E-state index is -0.679. The van der Waals surface area contributed by atoms with Crippen molar-refractivity contribution >= 4 is 39.9 Å². The molecule has 0 unspecified atom stereocenters. The molecule has 7 nitrogen and oxygen atoms in total. The number of carbonyl (C=O) groups is 2. The lowest BCUT2D eigenvalue weighted by Crippen LogP contribution is -2.42. The van der Waals surface area contributed by atoms with Gasteiger partial charge in [0.15, 0.2) is 4.96 Å². The van der Waals surface area contributed by atoms with Gasteiger partial charge in [0.05, 0.1) is 19.9 Å². The number of carbonyl (C=O) groups excluding carboxylic acids is 2. The van der Waals surface area contributed by atoms with Gasteiger partial charge in [-0.25, -0.2) is 9.78 Å². The summed E-state index contributed by atoms with van der Waals surface area (Å²) < 4.78 is 11.8. The first kappa shape index (κ1) is 20.2. The fourth-order valence-corrected chi connectivity index (χ4v) is 4.05. The molecule has 9 heteroatoms. The molecule has 0 aliphatic heterocycles. The number of esters is 1. The predicted octanol–water partition coefficient (Wildman–Crippen LogP) is 3.10. The van der Waals surface area contributed by atoms with Gasteiger partial charge in [-0.2, -0.15) is 11.8 Å². The number of fused-ring (bicyclic) bond motifs is 1. The van der Waals surface area contributed by atoms with Crippen molar-refractivity contribution in [3.05, 3.63) is 41.5 Å². The van der Waals surface area contributed by atoms with Crippen molar-refractivity contribution in [3.63, 3.8) is 0 Å². The molecule has 28 heavy (non-hydrogen) atoms. The third-order valence-electron chi connectivity index (χ3n) is 4.21. The van der Waals surface area contributed by atoms with E-state index >= 15 is 0 Å². The van der Waals surface area contributed by atoms with Crippen LogP contribution in [0.15, 0.2) is 35.8 Å². The second-order valence-electron chi connectivity index (χ2n) is 5.96. The molecule has 148 valence electrons. The lowest BCUT2D eigenvalue weighted by atomic mass is 10.1. The van der Waals surface area contributed by atoms with E-state index in [4.69, 9.17) is 9.47 Å². The van der Waals surface area contributed by atoms with Crippen LogP contribution >= 0.6 is 23.1 Å². The molecule has 3 rings (SSSR count). The van der Waals surface area contributed by atoms with Gasteiger partial charge in [0.25, 0.3) is 5.91 Å². The van der Waals surface area contributed by atoms with Crippen LogP contribution in [0.3, 0.4) is 0 Å². The summed E-state index contributed by atoms with van der Waals surface area (Å²) in [5, 5.41) is 4.51. The highest BCUT2D eigenvalue weighted by atomic mass is 32.2. The number of hydrogen-bond acceptors (Lipinski definition) is 7. The van der Waals surface area contributed by atoms with Gasteiger partial charge < -0.3 is 14.8 Å². The van der Waals surface area contributed by atoms with Gasteiger partial charge in [-0.15, -0.1) is 11.3 Å². The van der Waals surface area contributed by atoms with E-state index in [1.54, 1.807) is 28.7 Å². The average Bonchev–Trinajstić information content (AvgIpc) is 3.31. The van der Waals surface area contributed by atoms with Crippen molar-refractivity contribution in [3.8, 4) is 17.0 Å². The minimum Gasteiger partial charge on any atom is -0.497 e. The highest BCUT2D eigenvalue weighted by Gasteiger charge is 2.24. The maximum absolute atomic E-state index is 12.8. The van der Waals surface area contributed by atoms with Crippen LogP contribution in [-0.2, 0) is 9.53 Å². The Bertz CT molecular complexity index is 983. The van der Waals surface area contributed by atoms with Gasteiger partial charge in [0.1, 0.15) is 17.5 Å². The predicted molar refractivity (Wildman–Crippen MR) is 111 cm³/mol. The zero-order valence-electron chi connectivity index (χ0n) is 15.8. The first-order valence-electron chi connectivity index (χ1n) is 8.56. The molecule has 1 aromatic carbocycles. The van der Waals surface area contributed by atoms with Crippen molar-refractivity contribution < 1.29 is 19.1 Å². The van der Waals surface area contributed by atoms with E-state index in [0.29, 0.717) is 17.1 Å². The molecule has 0 saturated heterocycles. The molecule has 2 aromatic heterocycles. The monoisotopic (exact) mass is 419 g/mol. The third-order valence-corrected chi connectivity index (χ3v) is 5.69. The first-order chi connectivity index (χ1) is 13.6. The maximum Gasteiger partial charge on any atom is 0.328 e. The lowest BCUT2D eigenvalue weighted by Gasteiger charge is -2.15. The Kier molecular flexibility index (Phi) is 6.58. The van der Waals surface area contributed by atoms with Crippen LogP contribution in [0.25, 0.3) is 16.2 Å². The molecule has 0 saturated carbocycles. The van der Waals surface area contributed by atoms with E-state index in [-0.39, 0.29) is 5.91 Å². The number of nitrogens with zero attached hydrogens (tertiary/aromatic N) is 2. The molecule has 0 aliphatic carbocycles. The molecule has 0 aliphatic rings. The Morgan fingerprint density at radius 2 is 2.18 bits per heavy atom. The van der Waals surface area contributed by atoms with E-state index in [1.807, 2.05) is 36.7 Å². The number of nitrogens with one attached hydrogen (secondary N) is 1. The molecule has 2 heterocycles. The average molecular weight is 420 g/mol. The van der Waals surface area contributed by atoms with Crippen molar-refractivity contribution in [2.45, 2.75) is 12.5 Å². The number of thiazole rings is 1. The smallest absolute Gasteiger partial charge is 0.328 e. The van der Waals surface area contributed by atoms with Gasteiger partial charge in [-0.1, -0.05) is 12.1 Å². The van der Waals surface area contributed by atoms with Crippen LogP contribution in [0, 0.1) is 0 Å². The zero-order chi connectivity index (χ0) is 20.1. The number of ether oxygens (including phenoxy) is 2. The quantitative estimate of drug-likeness (QED) is 0.565. The number of amides is 1. The number of methoxy groups -OCH3 is 2. The first-order valence-corrected chi connectivity index (χ1v) is 10.8. The molecule has 0 radical (unpaired) electrons. The van der Waals surface area contributed by atoms with Crippen LogP contribution in [0.1, 0.15) is 16.9 Å². The van der Waals surface area contributed by atoms with Gasteiger partial charge in [-0.3, -0.25) is 9.20 Å². The maximum atomic E-state index is 12.8. The summed E-state index contributed by atoms with van der Waals surface area (Å²) in [6.45, 7) is 0. The molecule has 0 fully saturated rings. The Labute approximate surface area is 171 Å². The van der Waals surface area contributed by atoms with Gasteiger partial charge >= 0.3 is 5.97 Å². The normalized spacial score (nSPS) is 12.0. The number of rotatable bonds is 8. The summed E-state index contributed by atoms with van der Waals surface area (Å²) in [4.78, 5) is 30.0. The summed E-state index contributed by atoms with van der Waals surface area (Å²) in [6.07, 6.45) is 4.26. The number of hydrogen-bond donors (Lipinski definition) is 1. The molecule has 1 amide bonds. The van der Waals surface area contributed by atoms with E-state index < -0.39 is 12.0 Å².